The minimum atomic E-state index is 0.399. The van der Waals surface area contributed by atoms with Crippen molar-refractivity contribution in [2.45, 2.75) is 13.2 Å². The Balaban J connectivity index is 2.15. The third-order valence-electron chi connectivity index (χ3n) is 2.65. The van der Waals surface area contributed by atoms with E-state index in [0.29, 0.717) is 24.5 Å². The molecule has 18 heavy (non-hydrogen) atoms. The zero-order valence-electron chi connectivity index (χ0n) is 9.97. The van der Waals surface area contributed by atoms with E-state index in [1.165, 1.54) is 0 Å². The molecule has 90 valence electrons. The van der Waals surface area contributed by atoms with Gasteiger partial charge in [0.05, 0.1) is 11.6 Å². The van der Waals surface area contributed by atoms with Gasteiger partial charge in [0, 0.05) is 12.1 Å². The lowest BCUT2D eigenvalue weighted by atomic mass is 10.1. The number of nitriles is 1. The van der Waals surface area contributed by atoms with Gasteiger partial charge in [0.15, 0.2) is 0 Å². The molecule has 0 amide bonds. The average Bonchev–Trinajstić information content (AvgIpc) is 2.45. The van der Waals surface area contributed by atoms with Crippen LogP contribution in [0, 0.1) is 11.3 Å². The van der Waals surface area contributed by atoms with Crippen LogP contribution in [-0.2, 0) is 13.2 Å². The van der Waals surface area contributed by atoms with E-state index in [0.717, 1.165) is 11.1 Å². The highest BCUT2D eigenvalue weighted by atomic mass is 16.5. The highest BCUT2D eigenvalue weighted by Gasteiger charge is 2.04. The molecule has 2 aromatic carbocycles. The third-order valence-corrected chi connectivity index (χ3v) is 2.65. The normalized spacial score (nSPS) is 9.78. The molecule has 0 radical (unpaired) electrons. The molecular weight excluding hydrogens is 224 g/mol. The van der Waals surface area contributed by atoms with Crippen LogP contribution in [0.25, 0.3) is 0 Å². The van der Waals surface area contributed by atoms with Crippen LogP contribution in [0.4, 0.5) is 0 Å². The fourth-order valence-corrected chi connectivity index (χ4v) is 1.66. The summed E-state index contributed by atoms with van der Waals surface area (Å²) in [7, 11) is 0. The Kier molecular flexibility index (Phi) is 3.95. The number of hydrogen-bond donors (Lipinski definition) is 1. The average molecular weight is 238 g/mol. The molecule has 0 saturated heterocycles. The Morgan fingerprint density at radius 1 is 1.11 bits per heavy atom. The predicted octanol–water partition coefficient (Wildman–Crippen LogP) is 2.60. The maximum Gasteiger partial charge on any atom is 0.125 e. The Bertz CT molecular complexity index is 558. The van der Waals surface area contributed by atoms with E-state index >= 15 is 0 Å². The van der Waals surface area contributed by atoms with Crippen LogP contribution >= 0.6 is 0 Å². The number of nitrogens with two attached hydrogens (primary N) is 1. The van der Waals surface area contributed by atoms with Crippen LogP contribution in [0.5, 0.6) is 5.75 Å². The Morgan fingerprint density at radius 2 is 1.89 bits per heavy atom. The van der Waals surface area contributed by atoms with Crippen molar-refractivity contribution in [1.29, 1.82) is 5.26 Å². The van der Waals surface area contributed by atoms with Gasteiger partial charge in [0.1, 0.15) is 12.4 Å². The quantitative estimate of drug-likeness (QED) is 0.890. The highest BCUT2D eigenvalue weighted by Crippen LogP contribution is 2.21. The number of benzene rings is 2. The van der Waals surface area contributed by atoms with Gasteiger partial charge in [0.25, 0.3) is 0 Å². The van der Waals surface area contributed by atoms with Gasteiger partial charge in [-0.15, -0.1) is 0 Å². The number of nitrogens with zero attached hydrogens (tertiary/aromatic N) is 1. The second-order valence-corrected chi connectivity index (χ2v) is 3.91. The predicted molar refractivity (Wildman–Crippen MR) is 69.8 cm³/mol. The maximum absolute atomic E-state index is 8.87. The van der Waals surface area contributed by atoms with Gasteiger partial charge in [-0.25, -0.2) is 0 Å². The first-order valence-electron chi connectivity index (χ1n) is 5.73. The number of hydrogen-bond acceptors (Lipinski definition) is 3. The minimum absolute atomic E-state index is 0.399. The van der Waals surface area contributed by atoms with Crippen LogP contribution in [0.15, 0.2) is 48.5 Å². The van der Waals surface area contributed by atoms with Crippen LogP contribution in [0.2, 0.25) is 0 Å². The molecule has 3 heteroatoms. The summed E-state index contributed by atoms with van der Waals surface area (Å²) in [5.41, 5.74) is 8.22. The molecule has 0 aliphatic carbocycles. The SMILES string of the molecule is N#Cc1ccc(CN)c(OCc2ccccc2)c1. The molecule has 2 N–H and O–H groups in total. The van der Waals surface area contributed by atoms with E-state index in [-0.39, 0.29) is 0 Å². The summed E-state index contributed by atoms with van der Waals surface area (Å²) in [5.74, 6) is 0.681. The summed E-state index contributed by atoms with van der Waals surface area (Å²) in [6, 6.07) is 17.3. The van der Waals surface area contributed by atoms with Crippen LogP contribution in [-0.4, -0.2) is 0 Å². The van der Waals surface area contributed by atoms with E-state index < -0.39 is 0 Å². The molecule has 0 fully saturated rings. The van der Waals surface area contributed by atoms with Crippen molar-refractivity contribution >= 4 is 0 Å². The van der Waals surface area contributed by atoms with Crippen LogP contribution < -0.4 is 10.5 Å². The Morgan fingerprint density at radius 3 is 2.56 bits per heavy atom. The van der Waals surface area contributed by atoms with Crippen molar-refractivity contribution in [3.63, 3.8) is 0 Å². The van der Waals surface area contributed by atoms with Gasteiger partial charge in [-0.2, -0.15) is 5.26 Å². The van der Waals surface area contributed by atoms with Gasteiger partial charge < -0.3 is 10.5 Å². The fraction of sp³-hybridized carbons (Fsp3) is 0.133. The first-order valence-corrected chi connectivity index (χ1v) is 5.73. The zero-order valence-corrected chi connectivity index (χ0v) is 9.97. The Labute approximate surface area is 106 Å². The second-order valence-electron chi connectivity index (χ2n) is 3.91. The summed E-state index contributed by atoms with van der Waals surface area (Å²) < 4.78 is 5.73. The van der Waals surface area contributed by atoms with Crippen molar-refractivity contribution in [2.75, 3.05) is 0 Å². The summed E-state index contributed by atoms with van der Waals surface area (Å²) >= 11 is 0. The molecule has 0 heterocycles. The van der Waals surface area contributed by atoms with Gasteiger partial charge >= 0.3 is 0 Å². The van der Waals surface area contributed by atoms with E-state index in [9.17, 15) is 0 Å². The first-order chi connectivity index (χ1) is 8.83. The third kappa shape index (κ3) is 2.88. The van der Waals surface area contributed by atoms with E-state index in [2.05, 4.69) is 6.07 Å². The lowest BCUT2D eigenvalue weighted by Gasteiger charge is -2.10. The molecule has 0 atom stereocenters. The summed E-state index contributed by atoms with van der Waals surface area (Å²) in [6.45, 7) is 0.874. The van der Waals surface area contributed by atoms with E-state index in [1.807, 2.05) is 36.4 Å². The van der Waals surface area contributed by atoms with Gasteiger partial charge in [-0.1, -0.05) is 36.4 Å². The largest absolute Gasteiger partial charge is 0.489 e. The zero-order chi connectivity index (χ0) is 12.8. The standard InChI is InChI=1S/C15H14N2O/c16-9-13-6-7-14(10-17)15(8-13)18-11-12-4-2-1-3-5-12/h1-8H,10-11,17H2. The van der Waals surface area contributed by atoms with Gasteiger partial charge in [0.2, 0.25) is 0 Å². The molecule has 0 aliphatic rings. The number of ether oxygens (including phenoxy) is 1. The number of rotatable bonds is 4. The summed E-state index contributed by atoms with van der Waals surface area (Å²) in [5, 5.41) is 8.87. The highest BCUT2D eigenvalue weighted by molar-refractivity contribution is 5.42. The second kappa shape index (κ2) is 5.85. The summed E-state index contributed by atoms with van der Waals surface area (Å²) in [4.78, 5) is 0. The molecule has 2 rings (SSSR count). The molecule has 0 unspecified atom stereocenters. The van der Waals surface area contributed by atoms with Crippen molar-refractivity contribution in [2.24, 2.45) is 5.73 Å². The molecular formula is C15H14N2O. The van der Waals surface area contributed by atoms with Crippen LogP contribution in [0.3, 0.4) is 0 Å². The molecule has 3 nitrogen and oxygen atoms in total. The van der Waals surface area contributed by atoms with Crippen molar-refractivity contribution in [1.82, 2.24) is 0 Å². The lowest BCUT2D eigenvalue weighted by molar-refractivity contribution is 0.303. The minimum Gasteiger partial charge on any atom is -0.489 e. The van der Waals surface area contributed by atoms with Crippen molar-refractivity contribution < 1.29 is 4.74 Å². The van der Waals surface area contributed by atoms with Gasteiger partial charge in [-0.05, 0) is 17.7 Å². The molecule has 2 aromatic rings. The van der Waals surface area contributed by atoms with Gasteiger partial charge in [-0.3, -0.25) is 0 Å². The van der Waals surface area contributed by atoms with E-state index in [4.69, 9.17) is 15.7 Å². The van der Waals surface area contributed by atoms with E-state index in [1.54, 1.807) is 12.1 Å². The molecule has 0 saturated carbocycles. The van der Waals surface area contributed by atoms with Crippen LogP contribution in [0.1, 0.15) is 16.7 Å². The monoisotopic (exact) mass is 238 g/mol. The topological polar surface area (TPSA) is 59.0 Å². The lowest BCUT2D eigenvalue weighted by Crippen LogP contribution is -2.03. The molecule has 0 bridgehead atoms. The first kappa shape index (κ1) is 12.2. The Hall–Kier alpha value is -2.31. The van der Waals surface area contributed by atoms with Crippen molar-refractivity contribution in [3.05, 3.63) is 65.2 Å². The molecule has 0 aliphatic heterocycles. The molecule has 0 aromatic heterocycles. The fourth-order valence-electron chi connectivity index (χ4n) is 1.66. The smallest absolute Gasteiger partial charge is 0.125 e. The summed E-state index contributed by atoms with van der Waals surface area (Å²) in [6.07, 6.45) is 0. The maximum atomic E-state index is 8.87. The van der Waals surface area contributed by atoms with Crippen molar-refractivity contribution in [3.8, 4) is 11.8 Å². The molecule has 0 spiro atoms.